The van der Waals surface area contributed by atoms with Gasteiger partial charge in [0.05, 0.1) is 43.9 Å². The molecule has 0 N–H and O–H groups in total. The van der Waals surface area contributed by atoms with Gasteiger partial charge in [-0.25, -0.2) is 4.79 Å². The van der Waals surface area contributed by atoms with Gasteiger partial charge in [-0.2, -0.15) is 0 Å². The van der Waals surface area contributed by atoms with Crippen LogP contribution in [0, 0.1) is 0 Å². The summed E-state index contributed by atoms with van der Waals surface area (Å²) in [7, 11) is 4.19. The molecule has 0 radical (unpaired) electrons. The van der Waals surface area contributed by atoms with Gasteiger partial charge in [0.2, 0.25) is 5.78 Å². The molecule has 1 unspecified atom stereocenters. The quantitative estimate of drug-likeness (QED) is 0.265. The summed E-state index contributed by atoms with van der Waals surface area (Å²) in [6.45, 7) is 0. The number of methoxy groups -OCH3 is 3. The molecule has 2 aliphatic rings. The maximum atomic E-state index is 14.3. The molecular formula is C29H23NO8. The molecule has 0 amide bonds. The molecule has 0 spiro atoms. The average molecular weight is 514 g/mol. The number of benzene rings is 3. The summed E-state index contributed by atoms with van der Waals surface area (Å²) in [6, 6.07) is 19.6. The molecule has 9 nitrogen and oxygen atoms in total. The zero-order valence-electron chi connectivity index (χ0n) is 20.8. The van der Waals surface area contributed by atoms with E-state index < -0.39 is 35.7 Å². The minimum Gasteiger partial charge on any atom is -0.497 e. The molecule has 2 heterocycles. The second-order valence-corrected chi connectivity index (χ2v) is 8.62. The summed E-state index contributed by atoms with van der Waals surface area (Å²) in [4.78, 5) is 55.4. The Hall–Kier alpha value is -4.92. The first-order valence-corrected chi connectivity index (χ1v) is 11.7. The molecule has 38 heavy (non-hydrogen) atoms. The van der Waals surface area contributed by atoms with Crippen LogP contribution in [-0.4, -0.2) is 50.6 Å². The van der Waals surface area contributed by atoms with Crippen LogP contribution in [0.2, 0.25) is 0 Å². The highest BCUT2D eigenvalue weighted by atomic mass is 16.6. The monoisotopic (exact) mass is 513 g/mol. The number of carbonyl (C=O) groups is 4. The fourth-order valence-corrected chi connectivity index (χ4v) is 4.74. The molecule has 5 rings (SSSR count). The number of para-hydroxylation sites is 1. The molecule has 3 aromatic carbocycles. The smallest absolute Gasteiger partial charge is 0.342 e. The van der Waals surface area contributed by atoms with Crippen LogP contribution in [0.1, 0.15) is 32.7 Å². The van der Waals surface area contributed by atoms with Crippen molar-refractivity contribution < 1.29 is 38.1 Å². The first kappa shape index (κ1) is 24.8. The molecule has 0 saturated heterocycles. The zero-order valence-corrected chi connectivity index (χ0v) is 20.8. The SMILES string of the molecule is COC(=O)CC12OC(=O)c3ccccc3N1C(c1ccc(OC)cc1)=C(C(=O)c1ccc(OC)cc1)C2=O. The van der Waals surface area contributed by atoms with E-state index in [9.17, 15) is 19.2 Å². The second-order valence-electron chi connectivity index (χ2n) is 8.62. The number of hydrogen-bond donors (Lipinski definition) is 0. The Morgan fingerprint density at radius 1 is 0.842 bits per heavy atom. The van der Waals surface area contributed by atoms with Gasteiger partial charge in [0.1, 0.15) is 17.9 Å². The van der Waals surface area contributed by atoms with Gasteiger partial charge in [-0.1, -0.05) is 12.1 Å². The van der Waals surface area contributed by atoms with Crippen molar-refractivity contribution in [1.82, 2.24) is 0 Å². The molecule has 1 atom stereocenters. The minimum absolute atomic E-state index is 0.185. The second kappa shape index (κ2) is 9.51. The molecule has 0 fully saturated rings. The predicted molar refractivity (Wildman–Crippen MR) is 136 cm³/mol. The number of nitrogens with zero attached hydrogens (tertiary/aromatic N) is 1. The first-order chi connectivity index (χ1) is 18.3. The van der Waals surface area contributed by atoms with Crippen LogP contribution in [0.3, 0.4) is 0 Å². The van der Waals surface area contributed by atoms with Crippen LogP contribution in [0.25, 0.3) is 5.70 Å². The van der Waals surface area contributed by atoms with Crippen LogP contribution < -0.4 is 14.4 Å². The summed E-state index contributed by atoms with van der Waals surface area (Å²) >= 11 is 0. The summed E-state index contributed by atoms with van der Waals surface area (Å²) in [5.74, 6) is -1.91. The van der Waals surface area contributed by atoms with Crippen molar-refractivity contribution in [1.29, 1.82) is 0 Å². The van der Waals surface area contributed by atoms with Crippen LogP contribution in [0.4, 0.5) is 5.69 Å². The summed E-state index contributed by atoms with van der Waals surface area (Å²) in [6.07, 6.45) is -0.624. The van der Waals surface area contributed by atoms with Gasteiger partial charge >= 0.3 is 11.9 Å². The van der Waals surface area contributed by atoms with Gasteiger partial charge in [0.25, 0.3) is 5.72 Å². The van der Waals surface area contributed by atoms with Gasteiger partial charge in [0, 0.05) is 5.56 Å². The number of carbonyl (C=O) groups excluding carboxylic acids is 4. The maximum absolute atomic E-state index is 14.3. The molecule has 0 saturated carbocycles. The molecule has 192 valence electrons. The largest absolute Gasteiger partial charge is 0.497 e. The normalized spacial score (nSPS) is 17.9. The summed E-state index contributed by atoms with van der Waals surface area (Å²) in [5.41, 5.74) is -0.973. The highest BCUT2D eigenvalue weighted by Gasteiger charge is 2.62. The van der Waals surface area contributed by atoms with Gasteiger partial charge in [-0.3, -0.25) is 19.3 Å². The maximum Gasteiger partial charge on any atom is 0.342 e. The summed E-state index contributed by atoms with van der Waals surface area (Å²) in [5, 5.41) is 0. The third kappa shape index (κ3) is 3.80. The number of anilines is 1. The van der Waals surface area contributed by atoms with E-state index in [1.807, 2.05) is 0 Å². The van der Waals surface area contributed by atoms with Crippen molar-refractivity contribution in [2.24, 2.45) is 0 Å². The van der Waals surface area contributed by atoms with E-state index in [0.29, 0.717) is 22.7 Å². The van der Waals surface area contributed by atoms with Gasteiger partial charge < -0.3 is 18.9 Å². The van der Waals surface area contributed by atoms with Crippen LogP contribution in [-0.2, 0) is 19.1 Å². The van der Waals surface area contributed by atoms with Gasteiger partial charge in [-0.05, 0) is 66.2 Å². The fourth-order valence-electron chi connectivity index (χ4n) is 4.74. The van der Waals surface area contributed by atoms with E-state index in [1.54, 1.807) is 60.7 Å². The lowest BCUT2D eigenvalue weighted by Gasteiger charge is -2.42. The van der Waals surface area contributed by atoms with E-state index in [1.165, 1.54) is 38.4 Å². The van der Waals surface area contributed by atoms with Gasteiger partial charge in [0.15, 0.2) is 5.78 Å². The standard InChI is InChI=1S/C29H23NO8/c1-35-19-12-8-17(9-13-19)25-24(26(32)18-10-14-20(36-2)15-11-18)27(33)29(16-23(31)37-3)30(25)22-7-5-4-6-21(22)28(34)38-29/h4-15H,16H2,1-3H3. The van der Waals surface area contributed by atoms with Crippen molar-refractivity contribution in [3.05, 3.63) is 95.1 Å². The number of rotatable bonds is 7. The number of Topliss-reactive ketones (excluding diaryl/α,β-unsaturated/α-hetero) is 2. The minimum atomic E-state index is -2.15. The molecule has 0 bridgehead atoms. The summed E-state index contributed by atoms with van der Waals surface area (Å²) < 4.78 is 21.1. The highest BCUT2D eigenvalue weighted by molar-refractivity contribution is 6.38. The van der Waals surface area contributed by atoms with E-state index in [0.717, 1.165) is 0 Å². The third-order valence-electron chi connectivity index (χ3n) is 6.58. The third-order valence-corrected chi connectivity index (χ3v) is 6.58. The lowest BCUT2D eigenvalue weighted by atomic mass is 9.93. The topological polar surface area (TPSA) is 108 Å². The predicted octanol–water partition coefficient (Wildman–Crippen LogP) is 3.82. The van der Waals surface area contributed by atoms with Gasteiger partial charge in [-0.15, -0.1) is 0 Å². The number of fused-ring (bicyclic) bond motifs is 3. The van der Waals surface area contributed by atoms with Crippen molar-refractivity contribution in [3.63, 3.8) is 0 Å². The Kier molecular flexibility index (Phi) is 6.20. The van der Waals surface area contributed by atoms with Crippen LogP contribution >= 0.6 is 0 Å². The number of ketones is 2. The Morgan fingerprint density at radius 2 is 1.45 bits per heavy atom. The molecular weight excluding hydrogens is 490 g/mol. The van der Waals surface area contributed by atoms with E-state index in [4.69, 9.17) is 18.9 Å². The van der Waals surface area contributed by atoms with Crippen LogP contribution in [0.15, 0.2) is 78.4 Å². The van der Waals surface area contributed by atoms with Crippen molar-refractivity contribution in [2.45, 2.75) is 12.1 Å². The number of ether oxygens (including phenoxy) is 4. The van der Waals surface area contributed by atoms with E-state index >= 15 is 0 Å². The lowest BCUT2D eigenvalue weighted by Crippen LogP contribution is -2.57. The number of hydrogen-bond acceptors (Lipinski definition) is 9. The Bertz CT molecular complexity index is 1490. The Labute approximate surface area is 218 Å². The molecule has 0 aromatic heterocycles. The lowest BCUT2D eigenvalue weighted by molar-refractivity contribution is -0.151. The molecule has 9 heteroatoms. The fraction of sp³-hybridized carbons (Fsp3) is 0.172. The Balaban J connectivity index is 1.80. The molecule has 3 aromatic rings. The average Bonchev–Trinajstić information content (AvgIpc) is 3.20. The van der Waals surface area contributed by atoms with Crippen molar-refractivity contribution in [3.8, 4) is 11.5 Å². The van der Waals surface area contributed by atoms with Crippen LogP contribution in [0.5, 0.6) is 11.5 Å². The van der Waals surface area contributed by atoms with E-state index in [-0.39, 0.29) is 22.4 Å². The van der Waals surface area contributed by atoms with Crippen molar-refractivity contribution in [2.75, 3.05) is 26.2 Å². The zero-order chi connectivity index (χ0) is 27.0. The highest BCUT2D eigenvalue weighted by Crippen LogP contribution is 2.50. The molecule has 2 aliphatic heterocycles. The van der Waals surface area contributed by atoms with E-state index in [2.05, 4.69) is 0 Å². The Morgan fingerprint density at radius 3 is 2.05 bits per heavy atom. The first-order valence-electron chi connectivity index (χ1n) is 11.7. The van der Waals surface area contributed by atoms with Crippen molar-refractivity contribution >= 4 is 34.9 Å². The number of esters is 2. The molecule has 0 aliphatic carbocycles.